The van der Waals surface area contributed by atoms with E-state index in [-0.39, 0.29) is 53.4 Å². The van der Waals surface area contributed by atoms with Crippen molar-refractivity contribution in [1.29, 1.82) is 0 Å². The first-order chi connectivity index (χ1) is 12.0. The van der Waals surface area contributed by atoms with Gasteiger partial charge in [-0.25, -0.2) is 13.1 Å². The second-order valence-corrected chi connectivity index (χ2v) is 8.71. The monoisotopic (exact) mass is 531 g/mol. The van der Waals surface area contributed by atoms with Crippen molar-refractivity contribution in [3.8, 4) is 0 Å². The van der Waals surface area contributed by atoms with Gasteiger partial charge in [0.1, 0.15) is 0 Å². The molecule has 0 saturated carbocycles. The van der Waals surface area contributed by atoms with Gasteiger partial charge in [-0.15, -0.1) is 24.0 Å². The largest absolute Gasteiger partial charge is 0.355 e. The van der Waals surface area contributed by atoms with E-state index in [0.717, 1.165) is 0 Å². The summed E-state index contributed by atoms with van der Waals surface area (Å²) in [6.45, 7) is 6.17. The van der Waals surface area contributed by atoms with Gasteiger partial charge in [-0.05, 0) is 39.0 Å². The molecule has 0 heterocycles. The Morgan fingerprint density at radius 2 is 1.85 bits per heavy atom. The molecule has 1 aromatic carbocycles. The van der Waals surface area contributed by atoms with Gasteiger partial charge in [-0.2, -0.15) is 0 Å². The molecule has 0 saturated heterocycles. The minimum absolute atomic E-state index is 0. The van der Waals surface area contributed by atoms with E-state index in [9.17, 15) is 13.2 Å². The maximum atomic E-state index is 12.2. The molecule has 0 aliphatic rings. The lowest BCUT2D eigenvalue weighted by Gasteiger charge is -2.21. The van der Waals surface area contributed by atoms with Crippen LogP contribution < -0.4 is 20.7 Å². The summed E-state index contributed by atoms with van der Waals surface area (Å²) in [5.41, 5.74) is -0.311. The van der Waals surface area contributed by atoms with Crippen molar-refractivity contribution in [2.75, 3.05) is 26.7 Å². The summed E-state index contributed by atoms with van der Waals surface area (Å²) >= 11 is 5.81. The normalized spacial score (nSPS) is 12.1. The molecular weight excluding hydrogens is 505 g/mol. The standard InChI is InChI=1S/C16H26ClN5O3S.HI/c1-16(2,3)22-14(23)11-20-15(18-4)19-8-9-21-26(24,25)13-7-5-6-12(17)10-13;/h5-7,10,21H,8-9,11H2,1-4H3,(H,22,23)(H2,18,19,20);1H. The maximum Gasteiger partial charge on any atom is 0.240 e. The van der Waals surface area contributed by atoms with Gasteiger partial charge in [0.05, 0.1) is 11.4 Å². The van der Waals surface area contributed by atoms with Crippen LogP contribution in [-0.2, 0) is 14.8 Å². The van der Waals surface area contributed by atoms with Crippen molar-refractivity contribution in [1.82, 2.24) is 20.7 Å². The van der Waals surface area contributed by atoms with E-state index in [1.165, 1.54) is 12.1 Å². The van der Waals surface area contributed by atoms with Crippen LogP contribution in [0.25, 0.3) is 0 Å². The van der Waals surface area contributed by atoms with Crippen molar-refractivity contribution in [3.63, 3.8) is 0 Å². The van der Waals surface area contributed by atoms with Crippen molar-refractivity contribution >= 4 is 57.5 Å². The van der Waals surface area contributed by atoms with Gasteiger partial charge in [0, 0.05) is 30.7 Å². The zero-order valence-electron chi connectivity index (χ0n) is 15.8. The highest BCUT2D eigenvalue weighted by Crippen LogP contribution is 2.14. The summed E-state index contributed by atoms with van der Waals surface area (Å²) in [6, 6.07) is 6.03. The number of halogens is 2. The van der Waals surface area contributed by atoms with Gasteiger partial charge >= 0.3 is 0 Å². The fourth-order valence-electron chi connectivity index (χ4n) is 1.93. The summed E-state index contributed by atoms with van der Waals surface area (Å²) in [6.07, 6.45) is 0. The number of benzene rings is 1. The number of hydrogen-bond acceptors (Lipinski definition) is 4. The summed E-state index contributed by atoms with van der Waals surface area (Å²) in [7, 11) is -2.07. The van der Waals surface area contributed by atoms with Crippen molar-refractivity contribution in [2.24, 2.45) is 4.99 Å². The molecule has 4 N–H and O–H groups in total. The number of carbonyl (C=O) groups is 1. The molecular formula is C16H27ClIN5O3S. The number of aliphatic imine (C=N–C) groups is 1. The Morgan fingerprint density at radius 3 is 2.41 bits per heavy atom. The lowest BCUT2D eigenvalue weighted by molar-refractivity contribution is -0.121. The molecule has 0 aromatic heterocycles. The molecule has 0 unspecified atom stereocenters. The average Bonchev–Trinajstić information content (AvgIpc) is 2.52. The number of rotatable bonds is 7. The number of nitrogens with one attached hydrogen (secondary N) is 4. The molecule has 8 nitrogen and oxygen atoms in total. The summed E-state index contributed by atoms with van der Waals surface area (Å²) in [5.74, 6) is 0.234. The van der Waals surface area contributed by atoms with Gasteiger partial charge in [0.25, 0.3) is 0 Å². The van der Waals surface area contributed by atoms with E-state index in [2.05, 4.69) is 25.7 Å². The molecule has 11 heteroatoms. The molecule has 0 bridgehead atoms. The van der Waals surface area contributed by atoms with Gasteiger partial charge in [0.15, 0.2) is 5.96 Å². The smallest absolute Gasteiger partial charge is 0.240 e. The lowest BCUT2D eigenvalue weighted by Crippen LogP contribution is -2.48. The summed E-state index contributed by atoms with van der Waals surface area (Å²) in [4.78, 5) is 15.8. The predicted molar refractivity (Wildman–Crippen MR) is 119 cm³/mol. The van der Waals surface area contributed by atoms with Crippen molar-refractivity contribution in [3.05, 3.63) is 29.3 Å². The third-order valence-electron chi connectivity index (χ3n) is 2.97. The van der Waals surface area contributed by atoms with E-state index >= 15 is 0 Å². The Bertz CT molecular complexity index is 751. The minimum atomic E-state index is -3.63. The van der Waals surface area contributed by atoms with Crippen LogP contribution in [0, 0.1) is 0 Å². The number of carbonyl (C=O) groups excluding carboxylic acids is 1. The fourth-order valence-corrected chi connectivity index (χ4v) is 3.26. The van der Waals surface area contributed by atoms with Gasteiger partial charge < -0.3 is 16.0 Å². The average molecular weight is 532 g/mol. The second-order valence-electron chi connectivity index (χ2n) is 6.51. The number of guanidine groups is 1. The molecule has 0 aliphatic carbocycles. The van der Waals surface area contributed by atoms with Crippen LogP contribution in [0.4, 0.5) is 0 Å². The highest BCUT2D eigenvalue weighted by molar-refractivity contribution is 14.0. The highest BCUT2D eigenvalue weighted by Gasteiger charge is 2.15. The van der Waals surface area contributed by atoms with Crippen LogP contribution in [-0.4, -0.2) is 52.5 Å². The zero-order valence-corrected chi connectivity index (χ0v) is 19.7. The molecule has 0 spiro atoms. The number of nitrogens with zero attached hydrogens (tertiary/aromatic N) is 1. The van der Waals surface area contributed by atoms with E-state index < -0.39 is 10.0 Å². The molecule has 1 aromatic rings. The van der Waals surface area contributed by atoms with Crippen LogP contribution in [0.3, 0.4) is 0 Å². The highest BCUT2D eigenvalue weighted by atomic mass is 127. The van der Waals surface area contributed by atoms with Crippen molar-refractivity contribution < 1.29 is 13.2 Å². The topological polar surface area (TPSA) is 112 Å². The third-order valence-corrected chi connectivity index (χ3v) is 4.66. The van der Waals surface area contributed by atoms with Crippen LogP contribution in [0.5, 0.6) is 0 Å². The SMILES string of the molecule is CN=C(NCCNS(=O)(=O)c1cccc(Cl)c1)NCC(=O)NC(C)(C)C.I. The Balaban J connectivity index is 0.00000676. The summed E-state index contributed by atoms with van der Waals surface area (Å²) < 4.78 is 26.8. The fraction of sp³-hybridized carbons (Fsp3) is 0.500. The molecule has 0 radical (unpaired) electrons. The van der Waals surface area contributed by atoms with Crippen LogP contribution in [0.2, 0.25) is 5.02 Å². The molecule has 0 aliphatic heterocycles. The molecule has 27 heavy (non-hydrogen) atoms. The molecule has 154 valence electrons. The van der Waals surface area contributed by atoms with E-state index in [4.69, 9.17) is 11.6 Å². The predicted octanol–water partition coefficient (Wildman–Crippen LogP) is 1.32. The minimum Gasteiger partial charge on any atom is -0.355 e. The van der Waals surface area contributed by atoms with Crippen LogP contribution in [0.15, 0.2) is 34.2 Å². The van der Waals surface area contributed by atoms with Crippen molar-refractivity contribution in [2.45, 2.75) is 31.2 Å². The molecule has 0 fully saturated rings. The molecule has 0 atom stereocenters. The van der Waals surface area contributed by atoms with Gasteiger partial charge in [0.2, 0.25) is 15.9 Å². The van der Waals surface area contributed by atoms with Gasteiger partial charge in [-0.1, -0.05) is 17.7 Å². The summed E-state index contributed by atoms with van der Waals surface area (Å²) in [5, 5.41) is 8.96. The third kappa shape index (κ3) is 10.7. The maximum absolute atomic E-state index is 12.2. The van der Waals surface area contributed by atoms with Crippen LogP contribution in [0.1, 0.15) is 20.8 Å². The zero-order chi connectivity index (χ0) is 19.8. The first-order valence-corrected chi connectivity index (χ1v) is 9.90. The lowest BCUT2D eigenvalue weighted by atomic mass is 10.1. The Hall–Kier alpha value is -1.11. The first-order valence-electron chi connectivity index (χ1n) is 8.04. The number of hydrogen-bond donors (Lipinski definition) is 4. The number of amides is 1. The Labute approximate surface area is 183 Å². The quantitative estimate of drug-likeness (QED) is 0.184. The van der Waals surface area contributed by atoms with E-state index in [1.54, 1.807) is 19.2 Å². The van der Waals surface area contributed by atoms with Gasteiger partial charge in [-0.3, -0.25) is 9.79 Å². The van der Waals surface area contributed by atoms with E-state index in [0.29, 0.717) is 17.5 Å². The Kier molecular flexibility index (Phi) is 11.2. The Morgan fingerprint density at radius 1 is 1.19 bits per heavy atom. The second kappa shape index (κ2) is 11.7. The number of sulfonamides is 1. The van der Waals surface area contributed by atoms with E-state index in [1.807, 2.05) is 20.8 Å². The first kappa shape index (κ1) is 25.9. The van der Waals surface area contributed by atoms with Crippen LogP contribution >= 0.6 is 35.6 Å². The molecule has 1 amide bonds. The molecule has 1 rings (SSSR count).